The second-order valence-corrected chi connectivity index (χ2v) is 10.8. The number of hydrogen-bond donors (Lipinski definition) is 0. The van der Waals surface area contributed by atoms with E-state index in [4.69, 9.17) is 19.4 Å². The predicted octanol–water partition coefficient (Wildman–Crippen LogP) is 10.2. The van der Waals surface area contributed by atoms with Gasteiger partial charge in [-0.3, -0.25) is 0 Å². The Labute approximate surface area is 246 Å². The van der Waals surface area contributed by atoms with Crippen molar-refractivity contribution < 1.29 is 4.42 Å². The smallest absolute Gasteiger partial charge is 0.164 e. The molecule has 0 unspecified atom stereocenters. The van der Waals surface area contributed by atoms with Crippen molar-refractivity contribution in [2.75, 3.05) is 0 Å². The van der Waals surface area contributed by atoms with Crippen LogP contribution in [0.2, 0.25) is 0 Å². The van der Waals surface area contributed by atoms with Gasteiger partial charge in [-0.05, 0) is 45.1 Å². The summed E-state index contributed by atoms with van der Waals surface area (Å²) in [6, 6.07) is 48.0. The minimum atomic E-state index is 0.632. The lowest BCUT2D eigenvalue weighted by molar-refractivity contribution is 0.673. The Bertz CT molecular complexity index is 2510. The molecule has 0 aliphatic heterocycles. The highest BCUT2D eigenvalue weighted by Crippen LogP contribution is 2.42. The summed E-state index contributed by atoms with van der Waals surface area (Å²) in [6.07, 6.45) is 0. The number of rotatable bonds is 3. The molecule has 4 heteroatoms. The highest BCUT2D eigenvalue weighted by Gasteiger charge is 2.18. The van der Waals surface area contributed by atoms with Gasteiger partial charge in [0.1, 0.15) is 11.2 Å². The zero-order valence-corrected chi connectivity index (χ0v) is 23.0. The molecule has 0 aliphatic rings. The van der Waals surface area contributed by atoms with Crippen molar-refractivity contribution in [3.05, 3.63) is 140 Å². The summed E-state index contributed by atoms with van der Waals surface area (Å²) in [5.41, 5.74) is 4.61. The third-order valence-electron chi connectivity index (χ3n) is 8.28. The first-order valence-corrected chi connectivity index (χ1v) is 14.4. The summed E-state index contributed by atoms with van der Waals surface area (Å²) in [5.74, 6) is 1.92. The van der Waals surface area contributed by atoms with Crippen LogP contribution >= 0.6 is 0 Å². The van der Waals surface area contributed by atoms with Crippen LogP contribution < -0.4 is 0 Å². The van der Waals surface area contributed by atoms with Crippen LogP contribution in [0.25, 0.3) is 88.4 Å². The van der Waals surface area contributed by atoms with Gasteiger partial charge in [0, 0.05) is 32.8 Å². The van der Waals surface area contributed by atoms with Gasteiger partial charge in [-0.15, -0.1) is 0 Å². The highest BCUT2D eigenvalue weighted by molar-refractivity contribution is 6.30. The molecule has 0 saturated carbocycles. The molecule has 7 aromatic carbocycles. The maximum absolute atomic E-state index is 6.47. The van der Waals surface area contributed by atoms with Gasteiger partial charge in [-0.25, -0.2) is 15.0 Å². The third kappa shape index (κ3) is 3.81. The molecule has 0 radical (unpaired) electrons. The van der Waals surface area contributed by atoms with Crippen LogP contribution in [0.1, 0.15) is 0 Å². The molecule has 0 bridgehead atoms. The van der Waals surface area contributed by atoms with Gasteiger partial charge in [0.05, 0.1) is 0 Å². The molecule has 2 aromatic heterocycles. The Morgan fingerprint density at radius 2 is 0.953 bits per heavy atom. The Balaban J connectivity index is 1.33. The number of para-hydroxylation sites is 1. The summed E-state index contributed by atoms with van der Waals surface area (Å²) in [6.45, 7) is 0. The molecule has 0 atom stereocenters. The lowest BCUT2D eigenvalue weighted by Gasteiger charge is -2.11. The van der Waals surface area contributed by atoms with Crippen molar-refractivity contribution >= 4 is 54.3 Å². The van der Waals surface area contributed by atoms with Crippen molar-refractivity contribution in [2.45, 2.75) is 0 Å². The average molecular weight is 550 g/mol. The van der Waals surface area contributed by atoms with Gasteiger partial charge in [0.25, 0.3) is 0 Å². The second kappa shape index (κ2) is 9.33. The Morgan fingerprint density at radius 1 is 0.372 bits per heavy atom. The van der Waals surface area contributed by atoms with E-state index < -0.39 is 0 Å². The minimum Gasteiger partial charge on any atom is -0.455 e. The van der Waals surface area contributed by atoms with Crippen LogP contribution in [-0.2, 0) is 0 Å². The highest BCUT2D eigenvalue weighted by atomic mass is 16.3. The number of hydrogen-bond acceptors (Lipinski definition) is 4. The Hall–Kier alpha value is -5.87. The fraction of sp³-hybridized carbons (Fsp3) is 0. The number of nitrogens with zero attached hydrogens (tertiary/aromatic N) is 3. The fourth-order valence-corrected chi connectivity index (χ4v) is 6.22. The zero-order chi connectivity index (χ0) is 28.3. The first-order valence-electron chi connectivity index (χ1n) is 14.4. The molecule has 0 fully saturated rings. The van der Waals surface area contributed by atoms with E-state index in [1.54, 1.807) is 0 Å². The maximum Gasteiger partial charge on any atom is 0.164 e. The number of fused-ring (bicyclic) bond motifs is 9. The molecule has 0 aliphatic carbocycles. The van der Waals surface area contributed by atoms with Crippen molar-refractivity contribution in [1.82, 2.24) is 15.0 Å². The lowest BCUT2D eigenvalue weighted by atomic mass is 9.95. The molecule has 4 nitrogen and oxygen atoms in total. The topological polar surface area (TPSA) is 51.8 Å². The van der Waals surface area contributed by atoms with Crippen molar-refractivity contribution in [3.8, 4) is 34.2 Å². The SMILES string of the molecule is c1ccc(-c2nc(-c3ccc4ccccc4c3)nc(-c3ccc4c5ccccc5c5oc6ccccc6c5c4c3)n2)cc1. The largest absolute Gasteiger partial charge is 0.455 e. The molecule has 0 saturated heterocycles. The van der Waals surface area contributed by atoms with Crippen LogP contribution in [0.5, 0.6) is 0 Å². The molecule has 43 heavy (non-hydrogen) atoms. The average Bonchev–Trinajstić information content (AvgIpc) is 3.48. The Morgan fingerprint density at radius 3 is 1.77 bits per heavy atom. The van der Waals surface area contributed by atoms with Crippen LogP contribution in [0.15, 0.2) is 144 Å². The van der Waals surface area contributed by atoms with E-state index in [9.17, 15) is 0 Å². The first kappa shape index (κ1) is 23.8. The van der Waals surface area contributed by atoms with E-state index >= 15 is 0 Å². The standard InChI is InChI=1S/C39H23N3O/c1-2-11-25(12-3-1)37-40-38(27-19-18-24-10-4-5-13-26(24)22-27)42-39(41-37)28-20-21-30-29-14-6-7-15-31(29)36-35(33(30)23-28)32-16-8-9-17-34(32)43-36/h1-23H. The molecule has 200 valence electrons. The van der Waals surface area contributed by atoms with Crippen LogP contribution in [0.3, 0.4) is 0 Å². The van der Waals surface area contributed by atoms with E-state index in [1.807, 2.05) is 42.5 Å². The quantitative estimate of drug-likeness (QED) is 0.206. The number of aromatic nitrogens is 3. The molecule has 2 heterocycles. The van der Waals surface area contributed by atoms with Crippen LogP contribution in [0.4, 0.5) is 0 Å². The normalized spacial score (nSPS) is 11.7. The van der Waals surface area contributed by atoms with E-state index in [2.05, 4.69) is 97.1 Å². The molecular weight excluding hydrogens is 526 g/mol. The monoisotopic (exact) mass is 549 g/mol. The van der Waals surface area contributed by atoms with Crippen LogP contribution in [0, 0.1) is 0 Å². The third-order valence-corrected chi connectivity index (χ3v) is 8.28. The summed E-state index contributed by atoms with van der Waals surface area (Å²) in [5, 5.41) is 9.10. The summed E-state index contributed by atoms with van der Waals surface area (Å²) < 4.78 is 6.47. The molecular formula is C39H23N3O. The number of furan rings is 1. The van der Waals surface area contributed by atoms with E-state index in [0.29, 0.717) is 17.5 Å². The van der Waals surface area contributed by atoms with Gasteiger partial charge < -0.3 is 4.42 Å². The van der Waals surface area contributed by atoms with E-state index in [1.165, 1.54) is 10.8 Å². The van der Waals surface area contributed by atoms with Gasteiger partial charge >= 0.3 is 0 Å². The van der Waals surface area contributed by atoms with Gasteiger partial charge in [0.15, 0.2) is 17.5 Å². The van der Waals surface area contributed by atoms with Crippen molar-refractivity contribution in [2.24, 2.45) is 0 Å². The molecule has 9 aromatic rings. The second-order valence-electron chi connectivity index (χ2n) is 10.8. The predicted molar refractivity (Wildman–Crippen MR) is 176 cm³/mol. The minimum absolute atomic E-state index is 0.632. The molecule has 0 N–H and O–H groups in total. The molecule has 0 spiro atoms. The zero-order valence-electron chi connectivity index (χ0n) is 23.0. The number of benzene rings is 7. The Kier molecular flexibility index (Phi) is 5.16. The lowest BCUT2D eigenvalue weighted by Crippen LogP contribution is -2.00. The van der Waals surface area contributed by atoms with Crippen molar-refractivity contribution in [1.29, 1.82) is 0 Å². The van der Waals surface area contributed by atoms with Gasteiger partial charge in [-0.2, -0.15) is 0 Å². The maximum atomic E-state index is 6.47. The van der Waals surface area contributed by atoms with Gasteiger partial charge in [0.2, 0.25) is 0 Å². The van der Waals surface area contributed by atoms with Gasteiger partial charge in [-0.1, -0.05) is 121 Å². The summed E-state index contributed by atoms with van der Waals surface area (Å²) in [4.78, 5) is 15.0. The first-order chi connectivity index (χ1) is 21.3. The van der Waals surface area contributed by atoms with E-state index in [0.717, 1.165) is 60.2 Å². The van der Waals surface area contributed by atoms with E-state index in [-0.39, 0.29) is 0 Å². The van der Waals surface area contributed by atoms with Crippen molar-refractivity contribution in [3.63, 3.8) is 0 Å². The summed E-state index contributed by atoms with van der Waals surface area (Å²) in [7, 11) is 0. The summed E-state index contributed by atoms with van der Waals surface area (Å²) >= 11 is 0. The molecule has 0 amide bonds. The molecule has 9 rings (SSSR count). The van der Waals surface area contributed by atoms with Crippen LogP contribution in [-0.4, -0.2) is 15.0 Å². The fourth-order valence-electron chi connectivity index (χ4n) is 6.22.